The van der Waals surface area contributed by atoms with Crippen LogP contribution in [0.4, 0.5) is 9.52 Å². The molecule has 0 fully saturated rings. The fourth-order valence-corrected chi connectivity index (χ4v) is 3.61. The number of halogens is 1. The number of anilines is 1. The van der Waals surface area contributed by atoms with Gasteiger partial charge in [0.25, 0.3) is 5.56 Å². The topological polar surface area (TPSA) is 89.8 Å². The lowest BCUT2D eigenvalue weighted by Gasteiger charge is -2.07. The number of aromatic nitrogens is 4. The van der Waals surface area contributed by atoms with Crippen molar-refractivity contribution in [2.45, 2.75) is 13.0 Å². The van der Waals surface area contributed by atoms with E-state index in [1.165, 1.54) is 29.5 Å². The lowest BCUT2D eigenvalue weighted by molar-refractivity contribution is -0.117. The van der Waals surface area contributed by atoms with Crippen molar-refractivity contribution in [1.82, 2.24) is 20.0 Å². The van der Waals surface area contributed by atoms with E-state index in [1.54, 1.807) is 18.2 Å². The number of amides is 1. The van der Waals surface area contributed by atoms with Gasteiger partial charge in [-0.15, -0.1) is 10.2 Å². The first-order chi connectivity index (χ1) is 14.6. The summed E-state index contributed by atoms with van der Waals surface area (Å²) in [4.78, 5) is 24.5. The van der Waals surface area contributed by atoms with Crippen LogP contribution in [0.25, 0.3) is 11.3 Å². The lowest BCUT2D eigenvalue weighted by Crippen LogP contribution is -2.29. The van der Waals surface area contributed by atoms with Gasteiger partial charge in [0.2, 0.25) is 11.0 Å². The van der Waals surface area contributed by atoms with E-state index in [0.717, 1.165) is 15.3 Å². The fourth-order valence-electron chi connectivity index (χ4n) is 2.82. The molecule has 0 radical (unpaired) electrons. The molecule has 1 amide bonds. The quantitative estimate of drug-likeness (QED) is 0.517. The highest BCUT2D eigenvalue weighted by Gasteiger charge is 2.13. The summed E-state index contributed by atoms with van der Waals surface area (Å²) in [5.74, 6) is -0.933. The molecule has 0 aliphatic carbocycles. The standard InChI is InChI=1S/C21H16FN5O2S/c22-16-9-5-4-8-15(16)17-10-11-20(29)27(26-17)13-18(28)23-21-25-24-19(30-21)12-14-6-2-1-3-7-14/h1-11H,12-13H2,(H,23,25,28). The number of hydrogen-bond donors (Lipinski definition) is 1. The highest BCUT2D eigenvalue weighted by Crippen LogP contribution is 2.20. The van der Waals surface area contributed by atoms with Gasteiger partial charge < -0.3 is 0 Å². The molecule has 150 valence electrons. The van der Waals surface area contributed by atoms with Gasteiger partial charge in [-0.3, -0.25) is 14.9 Å². The Morgan fingerprint density at radius 1 is 1.00 bits per heavy atom. The second-order valence-electron chi connectivity index (χ2n) is 6.41. The minimum Gasteiger partial charge on any atom is -0.299 e. The number of rotatable bonds is 6. The molecule has 0 aliphatic rings. The fraction of sp³-hybridized carbons (Fsp3) is 0.0952. The van der Waals surface area contributed by atoms with Crippen LogP contribution in [0.15, 0.2) is 71.5 Å². The largest absolute Gasteiger partial charge is 0.299 e. The maximum absolute atomic E-state index is 14.0. The van der Waals surface area contributed by atoms with Crippen molar-refractivity contribution >= 4 is 22.4 Å². The third-order valence-electron chi connectivity index (χ3n) is 4.22. The Hall–Kier alpha value is -3.72. The van der Waals surface area contributed by atoms with Crippen molar-refractivity contribution in [3.8, 4) is 11.3 Å². The van der Waals surface area contributed by atoms with E-state index in [9.17, 15) is 14.0 Å². The Morgan fingerprint density at radius 2 is 1.77 bits per heavy atom. The second-order valence-corrected chi connectivity index (χ2v) is 7.47. The highest BCUT2D eigenvalue weighted by atomic mass is 32.1. The summed E-state index contributed by atoms with van der Waals surface area (Å²) in [5, 5.41) is 15.9. The molecule has 9 heteroatoms. The highest BCUT2D eigenvalue weighted by molar-refractivity contribution is 7.15. The van der Waals surface area contributed by atoms with Gasteiger partial charge in [0.05, 0.1) is 5.69 Å². The summed E-state index contributed by atoms with van der Waals surface area (Å²) < 4.78 is 15.0. The molecule has 2 aromatic carbocycles. The Kier molecular flexibility index (Phi) is 5.71. The summed E-state index contributed by atoms with van der Waals surface area (Å²) in [5.41, 5.74) is 1.14. The normalized spacial score (nSPS) is 10.7. The Balaban J connectivity index is 1.45. The first kappa shape index (κ1) is 19.6. The van der Waals surface area contributed by atoms with E-state index >= 15 is 0 Å². The van der Waals surface area contributed by atoms with Crippen molar-refractivity contribution in [2.75, 3.05) is 5.32 Å². The number of hydrogen-bond acceptors (Lipinski definition) is 6. The Bertz CT molecular complexity index is 1240. The monoisotopic (exact) mass is 421 g/mol. The summed E-state index contributed by atoms with van der Waals surface area (Å²) in [6.45, 7) is -0.325. The molecule has 4 rings (SSSR count). The maximum Gasteiger partial charge on any atom is 0.267 e. The van der Waals surface area contributed by atoms with E-state index < -0.39 is 17.3 Å². The van der Waals surface area contributed by atoms with Crippen molar-refractivity contribution in [3.05, 3.63) is 93.5 Å². The Labute approximate surface area is 174 Å². The van der Waals surface area contributed by atoms with Crippen molar-refractivity contribution in [3.63, 3.8) is 0 Å². The van der Waals surface area contributed by atoms with E-state index in [1.807, 2.05) is 30.3 Å². The third kappa shape index (κ3) is 4.64. The second kappa shape index (κ2) is 8.75. The third-order valence-corrected chi connectivity index (χ3v) is 5.06. The molecular weight excluding hydrogens is 405 g/mol. The molecule has 4 aromatic rings. The summed E-state index contributed by atoms with van der Waals surface area (Å²) in [6, 6.07) is 18.6. The van der Waals surface area contributed by atoms with Crippen molar-refractivity contribution < 1.29 is 9.18 Å². The predicted octanol–water partition coefficient (Wildman–Crippen LogP) is 3.13. The molecule has 0 aliphatic heterocycles. The molecule has 2 heterocycles. The molecule has 0 bridgehead atoms. The van der Waals surface area contributed by atoms with Gasteiger partial charge in [-0.25, -0.2) is 9.07 Å². The number of nitrogens with one attached hydrogen (secondary N) is 1. The van der Waals surface area contributed by atoms with E-state index in [-0.39, 0.29) is 17.8 Å². The number of benzene rings is 2. The minimum absolute atomic E-state index is 0.251. The number of carbonyl (C=O) groups is 1. The smallest absolute Gasteiger partial charge is 0.267 e. The SMILES string of the molecule is O=C(Cn1nc(-c2ccccc2F)ccc1=O)Nc1nnc(Cc2ccccc2)s1. The summed E-state index contributed by atoms with van der Waals surface area (Å²) >= 11 is 1.26. The van der Waals surface area contributed by atoms with E-state index in [2.05, 4.69) is 20.6 Å². The van der Waals surface area contributed by atoms with Gasteiger partial charge in [-0.2, -0.15) is 5.10 Å². The molecule has 0 saturated carbocycles. The van der Waals surface area contributed by atoms with Gasteiger partial charge >= 0.3 is 0 Å². The van der Waals surface area contributed by atoms with Crippen LogP contribution < -0.4 is 10.9 Å². The van der Waals surface area contributed by atoms with Gasteiger partial charge in [0.15, 0.2) is 0 Å². The zero-order chi connectivity index (χ0) is 20.9. The van der Waals surface area contributed by atoms with Crippen molar-refractivity contribution in [2.24, 2.45) is 0 Å². The molecule has 1 N–H and O–H groups in total. The molecule has 7 nitrogen and oxygen atoms in total. The zero-order valence-corrected chi connectivity index (χ0v) is 16.5. The summed E-state index contributed by atoms with van der Waals surface area (Å²) in [7, 11) is 0. The molecule has 30 heavy (non-hydrogen) atoms. The van der Waals surface area contributed by atoms with Crippen LogP contribution in [0, 0.1) is 5.82 Å². The van der Waals surface area contributed by atoms with E-state index in [4.69, 9.17) is 0 Å². The van der Waals surface area contributed by atoms with Crippen LogP contribution >= 0.6 is 11.3 Å². The molecule has 2 aromatic heterocycles. The Morgan fingerprint density at radius 3 is 2.57 bits per heavy atom. The van der Waals surface area contributed by atoms with Crippen LogP contribution in [0.1, 0.15) is 10.6 Å². The maximum atomic E-state index is 14.0. The van der Waals surface area contributed by atoms with Gasteiger partial charge in [-0.1, -0.05) is 53.8 Å². The van der Waals surface area contributed by atoms with Gasteiger partial charge in [-0.05, 0) is 23.8 Å². The molecular formula is C21H16FN5O2S. The lowest BCUT2D eigenvalue weighted by atomic mass is 10.1. The summed E-state index contributed by atoms with van der Waals surface area (Å²) in [6.07, 6.45) is 0.611. The van der Waals surface area contributed by atoms with Crippen LogP contribution in [0.5, 0.6) is 0 Å². The predicted molar refractivity (Wildman–Crippen MR) is 112 cm³/mol. The van der Waals surface area contributed by atoms with Crippen LogP contribution in [-0.4, -0.2) is 25.9 Å². The van der Waals surface area contributed by atoms with Crippen molar-refractivity contribution in [1.29, 1.82) is 0 Å². The van der Waals surface area contributed by atoms with E-state index in [0.29, 0.717) is 11.6 Å². The number of nitrogens with zero attached hydrogens (tertiary/aromatic N) is 4. The van der Waals surface area contributed by atoms with Crippen LogP contribution in [0.2, 0.25) is 0 Å². The first-order valence-corrected chi connectivity index (χ1v) is 9.89. The first-order valence-electron chi connectivity index (χ1n) is 9.08. The van der Waals surface area contributed by atoms with Gasteiger partial charge in [0, 0.05) is 18.1 Å². The molecule has 0 saturated heterocycles. The molecule has 0 atom stereocenters. The van der Waals surface area contributed by atoms with Crippen LogP contribution in [-0.2, 0) is 17.8 Å². The molecule has 0 unspecified atom stereocenters. The minimum atomic E-state index is -0.474. The molecule has 0 spiro atoms. The average Bonchev–Trinajstić information content (AvgIpc) is 3.17. The zero-order valence-electron chi connectivity index (χ0n) is 15.7. The number of carbonyl (C=O) groups excluding carboxylic acids is 1. The van der Waals surface area contributed by atoms with Crippen LogP contribution in [0.3, 0.4) is 0 Å². The van der Waals surface area contributed by atoms with Gasteiger partial charge in [0.1, 0.15) is 17.4 Å². The average molecular weight is 421 g/mol.